The summed E-state index contributed by atoms with van der Waals surface area (Å²) in [6.07, 6.45) is 0. The minimum absolute atomic E-state index is 0.561. The van der Waals surface area contributed by atoms with Gasteiger partial charge in [-0.3, -0.25) is 0 Å². The molecule has 1 heterocycles. The molecule has 0 aliphatic rings. The van der Waals surface area contributed by atoms with Crippen LogP contribution in [0.4, 0.5) is 0 Å². The summed E-state index contributed by atoms with van der Waals surface area (Å²) in [6.45, 7) is 10.8. The molecule has 21 heavy (non-hydrogen) atoms. The zero-order valence-corrected chi connectivity index (χ0v) is 13.4. The van der Waals surface area contributed by atoms with Crippen LogP contribution in [0.2, 0.25) is 0 Å². The van der Waals surface area contributed by atoms with Gasteiger partial charge in [-0.25, -0.2) is 0 Å². The van der Waals surface area contributed by atoms with E-state index in [0.29, 0.717) is 5.92 Å². The van der Waals surface area contributed by atoms with Gasteiger partial charge in [0, 0.05) is 10.9 Å². The molecule has 108 valence electrons. The third-order valence-electron chi connectivity index (χ3n) is 4.42. The molecule has 1 heteroatoms. The standard InChI is InChI=1S/C20H22O/c1-12(2)16-7-9-17(10-8-16)19-15(5)21-20-14(4)13(3)6-11-18(19)20/h6-12H,1-5H3. The topological polar surface area (TPSA) is 13.1 Å². The van der Waals surface area contributed by atoms with Crippen molar-refractivity contribution in [1.29, 1.82) is 0 Å². The molecule has 1 aromatic heterocycles. The second-order valence-corrected chi connectivity index (χ2v) is 6.19. The first-order chi connectivity index (χ1) is 9.99. The van der Waals surface area contributed by atoms with Crippen molar-refractivity contribution in [2.75, 3.05) is 0 Å². The van der Waals surface area contributed by atoms with Gasteiger partial charge in [0.1, 0.15) is 11.3 Å². The Balaban J connectivity index is 2.20. The van der Waals surface area contributed by atoms with Gasteiger partial charge in [0.25, 0.3) is 0 Å². The normalized spacial score (nSPS) is 11.5. The van der Waals surface area contributed by atoms with E-state index in [1.54, 1.807) is 0 Å². The molecule has 0 amide bonds. The fourth-order valence-corrected chi connectivity index (χ4v) is 2.91. The van der Waals surface area contributed by atoms with Gasteiger partial charge in [0.05, 0.1) is 0 Å². The summed E-state index contributed by atoms with van der Waals surface area (Å²) >= 11 is 0. The highest BCUT2D eigenvalue weighted by molar-refractivity contribution is 5.97. The molecule has 0 saturated heterocycles. The highest BCUT2D eigenvalue weighted by Crippen LogP contribution is 2.37. The van der Waals surface area contributed by atoms with E-state index in [1.165, 1.54) is 33.2 Å². The van der Waals surface area contributed by atoms with E-state index in [9.17, 15) is 0 Å². The summed E-state index contributed by atoms with van der Waals surface area (Å²) in [7, 11) is 0. The van der Waals surface area contributed by atoms with E-state index < -0.39 is 0 Å². The highest BCUT2D eigenvalue weighted by Gasteiger charge is 2.15. The highest BCUT2D eigenvalue weighted by atomic mass is 16.3. The molecule has 1 nitrogen and oxygen atoms in total. The Labute approximate surface area is 126 Å². The second kappa shape index (κ2) is 5.07. The Bertz CT molecular complexity index is 789. The average molecular weight is 278 g/mol. The SMILES string of the molecule is Cc1ccc2c(-c3ccc(C(C)C)cc3)c(C)oc2c1C. The fraction of sp³-hybridized carbons (Fsp3) is 0.300. The molecule has 0 N–H and O–H groups in total. The minimum atomic E-state index is 0.561. The van der Waals surface area contributed by atoms with Gasteiger partial charge in [-0.15, -0.1) is 0 Å². The third kappa shape index (κ3) is 2.27. The van der Waals surface area contributed by atoms with Gasteiger partial charge in [0.15, 0.2) is 0 Å². The van der Waals surface area contributed by atoms with Crippen molar-refractivity contribution in [3.63, 3.8) is 0 Å². The molecular weight excluding hydrogens is 256 g/mol. The van der Waals surface area contributed by atoms with Crippen molar-refractivity contribution < 1.29 is 4.42 Å². The fourth-order valence-electron chi connectivity index (χ4n) is 2.91. The van der Waals surface area contributed by atoms with Gasteiger partial charge in [-0.2, -0.15) is 0 Å². The number of aryl methyl sites for hydroxylation is 3. The molecule has 0 unspecified atom stereocenters. The Morgan fingerprint density at radius 2 is 1.52 bits per heavy atom. The summed E-state index contributed by atoms with van der Waals surface area (Å²) in [6, 6.07) is 13.2. The number of rotatable bonds is 2. The lowest BCUT2D eigenvalue weighted by atomic mass is 9.96. The third-order valence-corrected chi connectivity index (χ3v) is 4.42. The maximum absolute atomic E-state index is 6.04. The van der Waals surface area contributed by atoms with Gasteiger partial charge in [-0.05, 0) is 48.9 Å². The van der Waals surface area contributed by atoms with Gasteiger partial charge < -0.3 is 4.42 Å². The van der Waals surface area contributed by atoms with Gasteiger partial charge >= 0.3 is 0 Å². The summed E-state index contributed by atoms with van der Waals surface area (Å²) in [5.41, 5.74) is 7.37. The lowest BCUT2D eigenvalue weighted by molar-refractivity contribution is 0.577. The first kappa shape index (κ1) is 13.9. The first-order valence-electron chi connectivity index (χ1n) is 7.58. The number of hydrogen-bond donors (Lipinski definition) is 0. The summed E-state index contributed by atoms with van der Waals surface area (Å²) in [5.74, 6) is 1.56. The van der Waals surface area contributed by atoms with Crippen LogP contribution in [0.5, 0.6) is 0 Å². The van der Waals surface area contributed by atoms with Crippen molar-refractivity contribution in [1.82, 2.24) is 0 Å². The molecule has 0 aliphatic heterocycles. The largest absolute Gasteiger partial charge is 0.460 e. The van der Waals surface area contributed by atoms with E-state index in [-0.39, 0.29) is 0 Å². The van der Waals surface area contributed by atoms with Crippen LogP contribution >= 0.6 is 0 Å². The van der Waals surface area contributed by atoms with E-state index in [4.69, 9.17) is 4.42 Å². The van der Waals surface area contributed by atoms with Crippen molar-refractivity contribution in [3.05, 3.63) is 58.8 Å². The quantitative estimate of drug-likeness (QED) is 0.548. The number of furan rings is 1. The monoisotopic (exact) mass is 278 g/mol. The zero-order valence-electron chi connectivity index (χ0n) is 13.4. The van der Waals surface area contributed by atoms with Gasteiger partial charge in [-0.1, -0.05) is 50.2 Å². The van der Waals surface area contributed by atoms with Gasteiger partial charge in [0.2, 0.25) is 0 Å². The van der Waals surface area contributed by atoms with Crippen molar-refractivity contribution in [2.45, 2.75) is 40.5 Å². The van der Waals surface area contributed by atoms with Crippen LogP contribution in [0.15, 0.2) is 40.8 Å². The predicted molar refractivity (Wildman–Crippen MR) is 90.0 cm³/mol. The summed E-state index contributed by atoms with van der Waals surface area (Å²) in [5, 5.41) is 1.22. The molecule has 0 fully saturated rings. The molecule has 0 radical (unpaired) electrons. The van der Waals surface area contributed by atoms with Crippen molar-refractivity contribution >= 4 is 11.0 Å². The smallest absolute Gasteiger partial charge is 0.138 e. The molecule has 0 spiro atoms. The lowest BCUT2D eigenvalue weighted by Crippen LogP contribution is -1.87. The Morgan fingerprint density at radius 3 is 2.14 bits per heavy atom. The van der Waals surface area contributed by atoms with E-state index in [0.717, 1.165) is 11.3 Å². The molecule has 3 rings (SSSR count). The molecule has 3 aromatic rings. The molecular formula is C20H22O. The lowest BCUT2D eigenvalue weighted by Gasteiger charge is -2.07. The molecule has 2 aromatic carbocycles. The molecule has 0 aliphatic carbocycles. The second-order valence-electron chi connectivity index (χ2n) is 6.19. The molecule has 0 atom stereocenters. The van der Waals surface area contributed by atoms with Crippen molar-refractivity contribution in [3.8, 4) is 11.1 Å². The van der Waals surface area contributed by atoms with Crippen LogP contribution in [0, 0.1) is 20.8 Å². The Kier molecular flexibility index (Phi) is 3.36. The van der Waals surface area contributed by atoms with Crippen LogP contribution in [0.25, 0.3) is 22.1 Å². The summed E-state index contributed by atoms with van der Waals surface area (Å²) in [4.78, 5) is 0. The minimum Gasteiger partial charge on any atom is -0.460 e. The number of hydrogen-bond acceptors (Lipinski definition) is 1. The number of benzene rings is 2. The van der Waals surface area contributed by atoms with E-state index in [1.807, 2.05) is 0 Å². The van der Waals surface area contributed by atoms with Crippen LogP contribution in [-0.4, -0.2) is 0 Å². The van der Waals surface area contributed by atoms with Crippen molar-refractivity contribution in [2.24, 2.45) is 0 Å². The first-order valence-corrected chi connectivity index (χ1v) is 7.58. The average Bonchev–Trinajstić information content (AvgIpc) is 2.80. The number of fused-ring (bicyclic) bond motifs is 1. The van der Waals surface area contributed by atoms with Crippen LogP contribution in [-0.2, 0) is 0 Å². The maximum Gasteiger partial charge on any atom is 0.138 e. The summed E-state index contributed by atoms with van der Waals surface area (Å²) < 4.78 is 6.04. The Hall–Kier alpha value is -2.02. The van der Waals surface area contributed by atoms with E-state index >= 15 is 0 Å². The van der Waals surface area contributed by atoms with Crippen LogP contribution in [0.1, 0.15) is 42.2 Å². The van der Waals surface area contributed by atoms with Crippen LogP contribution < -0.4 is 0 Å². The zero-order chi connectivity index (χ0) is 15.1. The Morgan fingerprint density at radius 1 is 0.857 bits per heavy atom. The maximum atomic E-state index is 6.04. The molecule has 0 bridgehead atoms. The van der Waals surface area contributed by atoms with Crippen LogP contribution in [0.3, 0.4) is 0 Å². The predicted octanol–water partition coefficient (Wildman–Crippen LogP) is 6.15. The molecule has 0 saturated carbocycles. The van der Waals surface area contributed by atoms with E-state index in [2.05, 4.69) is 71.0 Å².